The molecular weight excluding hydrogens is 444 g/mol. The van der Waals surface area contributed by atoms with Gasteiger partial charge in [-0.25, -0.2) is 0 Å². The first-order chi connectivity index (χ1) is 17.6. The molecule has 1 heterocycles. The molecule has 36 heavy (non-hydrogen) atoms. The Morgan fingerprint density at radius 1 is 0.972 bits per heavy atom. The van der Waals surface area contributed by atoms with E-state index in [1.54, 1.807) is 0 Å². The molecule has 190 valence electrons. The maximum absolute atomic E-state index is 12.9. The van der Waals surface area contributed by atoms with Crippen LogP contribution in [-0.4, -0.2) is 37.4 Å². The fraction of sp³-hybridized carbons (Fsp3) is 0.406. The lowest BCUT2D eigenvalue weighted by atomic mass is 9.90. The van der Waals surface area contributed by atoms with Gasteiger partial charge in [0.25, 0.3) is 0 Å². The summed E-state index contributed by atoms with van der Waals surface area (Å²) in [5, 5.41) is 3.22. The Bertz CT molecular complexity index is 1060. The first kappa shape index (κ1) is 26.1. The summed E-state index contributed by atoms with van der Waals surface area (Å²) in [5.41, 5.74) is 4.51. The van der Waals surface area contributed by atoms with E-state index in [0.717, 1.165) is 55.9 Å². The molecular formula is C32H40N2O2. The van der Waals surface area contributed by atoms with Crippen LogP contribution in [0.1, 0.15) is 65.3 Å². The summed E-state index contributed by atoms with van der Waals surface area (Å²) in [6.07, 6.45) is 4.80. The van der Waals surface area contributed by atoms with Crippen molar-refractivity contribution in [3.63, 3.8) is 0 Å². The number of piperidine rings is 1. The summed E-state index contributed by atoms with van der Waals surface area (Å²) in [6.45, 7) is 6.21. The third kappa shape index (κ3) is 7.78. The first-order valence-corrected chi connectivity index (χ1v) is 13.4. The van der Waals surface area contributed by atoms with Gasteiger partial charge in [0.15, 0.2) is 5.78 Å². The summed E-state index contributed by atoms with van der Waals surface area (Å²) < 4.78 is 6.30. The standard InChI is InChI=1S/C32H40N2O2/c1-25-8-15-30(16-9-25)36-32(18-21-33-2)29-13-11-28(12-14-29)31(35)17-10-26-19-22-34(23-20-26)24-27-6-4-3-5-7-27/h3-9,11-16,26,32-33H,10,17-24H2,1-2H3. The first-order valence-electron chi connectivity index (χ1n) is 13.4. The van der Waals surface area contributed by atoms with Gasteiger partial charge in [-0.2, -0.15) is 0 Å². The molecule has 1 unspecified atom stereocenters. The molecule has 3 aromatic rings. The largest absolute Gasteiger partial charge is 0.486 e. The Kier molecular flexibility index (Phi) is 9.71. The molecule has 1 aliphatic heterocycles. The Labute approximate surface area is 216 Å². The fourth-order valence-electron chi connectivity index (χ4n) is 4.99. The highest BCUT2D eigenvalue weighted by molar-refractivity contribution is 5.96. The molecule has 1 aliphatic rings. The zero-order chi connectivity index (χ0) is 25.2. The number of Topliss-reactive ketones (excluding diaryl/α,β-unsaturated/α-hetero) is 1. The van der Waals surface area contributed by atoms with Crippen LogP contribution in [-0.2, 0) is 6.54 Å². The minimum Gasteiger partial charge on any atom is -0.486 e. The number of ether oxygens (including phenoxy) is 1. The maximum atomic E-state index is 12.9. The minimum absolute atomic E-state index is 0.0506. The van der Waals surface area contributed by atoms with E-state index in [1.165, 1.54) is 24.0 Å². The van der Waals surface area contributed by atoms with E-state index in [-0.39, 0.29) is 11.9 Å². The molecule has 4 heteroatoms. The van der Waals surface area contributed by atoms with Gasteiger partial charge in [-0.1, -0.05) is 72.3 Å². The lowest BCUT2D eigenvalue weighted by Crippen LogP contribution is -2.33. The molecule has 0 bridgehead atoms. The molecule has 4 nitrogen and oxygen atoms in total. The third-order valence-corrected chi connectivity index (χ3v) is 7.30. The van der Waals surface area contributed by atoms with Crippen LogP contribution in [0, 0.1) is 12.8 Å². The van der Waals surface area contributed by atoms with E-state index in [1.807, 2.05) is 31.3 Å². The van der Waals surface area contributed by atoms with Gasteiger partial charge in [0, 0.05) is 24.9 Å². The second kappa shape index (κ2) is 13.4. The number of likely N-dealkylation sites (tertiary alicyclic amines) is 1. The van der Waals surface area contributed by atoms with Gasteiger partial charge in [-0.15, -0.1) is 0 Å². The Balaban J connectivity index is 1.26. The second-order valence-electron chi connectivity index (χ2n) is 10.1. The lowest BCUT2D eigenvalue weighted by molar-refractivity contribution is 0.0961. The maximum Gasteiger partial charge on any atom is 0.162 e. The fourth-order valence-corrected chi connectivity index (χ4v) is 4.99. The van der Waals surface area contributed by atoms with Gasteiger partial charge in [0.05, 0.1) is 0 Å². The highest BCUT2D eigenvalue weighted by Gasteiger charge is 2.21. The molecule has 0 aromatic heterocycles. The van der Waals surface area contributed by atoms with Crippen LogP contribution >= 0.6 is 0 Å². The van der Waals surface area contributed by atoms with Crippen molar-refractivity contribution >= 4 is 5.78 Å². The van der Waals surface area contributed by atoms with Crippen LogP contribution in [0.15, 0.2) is 78.9 Å². The van der Waals surface area contributed by atoms with Gasteiger partial charge in [0.2, 0.25) is 0 Å². The van der Waals surface area contributed by atoms with Crippen molar-refractivity contribution in [1.29, 1.82) is 0 Å². The number of carbonyl (C=O) groups is 1. The number of benzene rings is 3. The SMILES string of the molecule is CNCCC(Oc1ccc(C)cc1)c1ccc(C(=O)CCC2CCN(Cc3ccccc3)CC2)cc1. The van der Waals surface area contributed by atoms with E-state index < -0.39 is 0 Å². The van der Waals surface area contributed by atoms with Gasteiger partial charge < -0.3 is 10.1 Å². The number of aryl methyl sites for hydroxylation is 1. The summed E-state index contributed by atoms with van der Waals surface area (Å²) in [4.78, 5) is 15.5. The van der Waals surface area contributed by atoms with E-state index in [9.17, 15) is 4.79 Å². The van der Waals surface area contributed by atoms with Crippen molar-refractivity contribution in [2.45, 2.75) is 51.7 Å². The van der Waals surface area contributed by atoms with Crippen molar-refractivity contribution in [1.82, 2.24) is 10.2 Å². The number of carbonyl (C=O) groups excluding carboxylic acids is 1. The average molecular weight is 485 g/mol. The molecule has 3 aromatic carbocycles. The van der Waals surface area contributed by atoms with Crippen molar-refractivity contribution in [3.05, 3.63) is 101 Å². The van der Waals surface area contributed by atoms with Crippen LogP contribution in [0.2, 0.25) is 0 Å². The summed E-state index contributed by atoms with van der Waals surface area (Å²) in [6, 6.07) is 26.9. The molecule has 1 atom stereocenters. The third-order valence-electron chi connectivity index (χ3n) is 7.30. The molecule has 0 aliphatic carbocycles. The topological polar surface area (TPSA) is 41.6 Å². The molecule has 1 fully saturated rings. The number of nitrogens with zero attached hydrogens (tertiary/aromatic N) is 1. The number of ketones is 1. The molecule has 0 saturated carbocycles. The Hall–Kier alpha value is -2.95. The zero-order valence-corrected chi connectivity index (χ0v) is 21.8. The van der Waals surface area contributed by atoms with Crippen LogP contribution < -0.4 is 10.1 Å². The van der Waals surface area contributed by atoms with Gasteiger partial charge in [-0.3, -0.25) is 9.69 Å². The van der Waals surface area contributed by atoms with Gasteiger partial charge in [0.1, 0.15) is 11.9 Å². The molecule has 0 amide bonds. The predicted octanol–water partition coefficient (Wildman–Crippen LogP) is 6.60. The normalized spacial score (nSPS) is 15.5. The summed E-state index contributed by atoms with van der Waals surface area (Å²) in [7, 11) is 1.96. The quantitative estimate of drug-likeness (QED) is 0.294. The van der Waals surface area contributed by atoms with E-state index >= 15 is 0 Å². The number of hydrogen-bond donors (Lipinski definition) is 1. The predicted molar refractivity (Wildman–Crippen MR) is 148 cm³/mol. The molecule has 0 radical (unpaired) electrons. The van der Waals surface area contributed by atoms with Crippen molar-refractivity contribution < 1.29 is 9.53 Å². The average Bonchev–Trinajstić information content (AvgIpc) is 2.92. The molecule has 4 rings (SSSR count). The van der Waals surface area contributed by atoms with Gasteiger partial charge in [-0.05, 0) is 82.0 Å². The highest BCUT2D eigenvalue weighted by Crippen LogP contribution is 2.27. The van der Waals surface area contributed by atoms with Crippen molar-refractivity contribution in [3.8, 4) is 5.75 Å². The summed E-state index contributed by atoms with van der Waals surface area (Å²) >= 11 is 0. The highest BCUT2D eigenvalue weighted by atomic mass is 16.5. The van der Waals surface area contributed by atoms with Crippen molar-refractivity contribution in [2.75, 3.05) is 26.7 Å². The Morgan fingerprint density at radius 3 is 2.33 bits per heavy atom. The lowest BCUT2D eigenvalue weighted by Gasteiger charge is -2.32. The van der Waals surface area contributed by atoms with Crippen molar-refractivity contribution in [2.24, 2.45) is 5.92 Å². The van der Waals surface area contributed by atoms with Crippen LogP contribution in [0.4, 0.5) is 0 Å². The number of hydrogen-bond acceptors (Lipinski definition) is 4. The Morgan fingerprint density at radius 2 is 1.67 bits per heavy atom. The summed E-state index contributed by atoms with van der Waals surface area (Å²) in [5.74, 6) is 1.77. The van der Waals surface area contributed by atoms with Gasteiger partial charge >= 0.3 is 0 Å². The van der Waals surface area contributed by atoms with E-state index in [4.69, 9.17) is 4.74 Å². The monoisotopic (exact) mass is 484 g/mol. The molecule has 1 saturated heterocycles. The number of nitrogens with one attached hydrogen (secondary N) is 1. The van der Waals surface area contributed by atoms with E-state index in [2.05, 4.69) is 71.7 Å². The smallest absolute Gasteiger partial charge is 0.162 e. The number of rotatable bonds is 12. The molecule has 0 spiro atoms. The minimum atomic E-state index is -0.0506. The zero-order valence-electron chi connectivity index (χ0n) is 21.8. The van der Waals surface area contributed by atoms with Crippen LogP contribution in [0.5, 0.6) is 5.75 Å². The van der Waals surface area contributed by atoms with Crippen LogP contribution in [0.3, 0.4) is 0 Å². The van der Waals surface area contributed by atoms with E-state index in [0.29, 0.717) is 12.3 Å². The molecule has 1 N–H and O–H groups in total. The van der Waals surface area contributed by atoms with Crippen LogP contribution in [0.25, 0.3) is 0 Å². The second-order valence-corrected chi connectivity index (χ2v) is 10.1.